The third kappa shape index (κ3) is 8.66. The highest BCUT2D eigenvalue weighted by Crippen LogP contribution is 2.37. The van der Waals surface area contributed by atoms with Gasteiger partial charge in [-0.3, -0.25) is 23.9 Å². The van der Waals surface area contributed by atoms with Crippen molar-refractivity contribution in [2.45, 2.75) is 17.1 Å². The summed E-state index contributed by atoms with van der Waals surface area (Å²) >= 11 is 1.31. The summed E-state index contributed by atoms with van der Waals surface area (Å²) < 4.78 is 8.48. The van der Waals surface area contributed by atoms with Crippen molar-refractivity contribution >= 4 is 46.9 Å². The van der Waals surface area contributed by atoms with Gasteiger partial charge in [0.05, 0.1) is 18.5 Å². The number of hydrogen-bond acceptors (Lipinski definition) is 6. The fourth-order valence-electron chi connectivity index (χ4n) is 5.56. The van der Waals surface area contributed by atoms with Crippen LogP contribution >= 0.6 is 11.8 Å². The quantitative estimate of drug-likeness (QED) is 0.0895. The van der Waals surface area contributed by atoms with Gasteiger partial charge in [-0.15, -0.1) is 11.8 Å². The zero-order valence-corrected chi connectivity index (χ0v) is 30.1. The summed E-state index contributed by atoms with van der Waals surface area (Å²) in [6.45, 7) is 1.79. The van der Waals surface area contributed by atoms with Crippen molar-refractivity contribution in [2.24, 2.45) is 7.05 Å². The van der Waals surface area contributed by atoms with E-state index < -0.39 is 17.1 Å². The number of aromatic nitrogens is 2. The Hall–Kier alpha value is -6.59. The van der Waals surface area contributed by atoms with Crippen molar-refractivity contribution < 1.29 is 19.1 Å². The van der Waals surface area contributed by atoms with E-state index in [1.807, 2.05) is 60.7 Å². The van der Waals surface area contributed by atoms with Gasteiger partial charge in [0.2, 0.25) is 5.91 Å². The van der Waals surface area contributed by atoms with E-state index in [2.05, 4.69) is 16.0 Å². The molecular weight excluding hydrogens is 687 g/mol. The van der Waals surface area contributed by atoms with E-state index in [0.717, 1.165) is 10.5 Å². The fraction of sp³-hybridized carbons (Fsp3) is 0.0952. The first kappa shape index (κ1) is 36.2. The molecule has 1 aromatic heterocycles. The second kappa shape index (κ2) is 16.6. The topological polar surface area (TPSA) is 123 Å². The number of hydrogen-bond donors (Lipinski definition) is 3. The van der Waals surface area contributed by atoms with Gasteiger partial charge in [0.15, 0.2) is 0 Å². The van der Waals surface area contributed by atoms with Crippen molar-refractivity contribution in [3.63, 3.8) is 0 Å². The number of methoxy groups -OCH3 is 1. The van der Waals surface area contributed by atoms with Gasteiger partial charge in [0.25, 0.3) is 17.4 Å². The van der Waals surface area contributed by atoms with E-state index in [0.29, 0.717) is 33.9 Å². The number of anilines is 2. The number of amides is 3. The third-order valence-electron chi connectivity index (χ3n) is 8.46. The lowest BCUT2D eigenvalue weighted by atomic mass is 10.1. The van der Waals surface area contributed by atoms with Gasteiger partial charge in [-0.25, -0.2) is 4.68 Å². The van der Waals surface area contributed by atoms with Gasteiger partial charge < -0.3 is 20.7 Å². The van der Waals surface area contributed by atoms with Crippen LogP contribution in [0.3, 0.4) is 0 Å². The summed E-state index contributed by atoms with van der Waals surface area (Å²) in [4.78, 5) is 54.9. The molecule has 5 aromatic carbocycles. The number of carbonyl (C=O) groups excluding carboxylic acids is 3. The van der Waals surface area contributed by atoms with Crippen LogP contribution in [0.2, 0.25) is 0 Å². The SMILES string of the molecule is COc1ccc(/C=C(\NC(=O)c2ccccc2)C(=O)Nc2ccc(SC(C(=O)Nc3c(C)n(C)n(-c4ccccc4)c3=O)c3ccccc3)cc2)cc1. The molecule has 0 saturated heterocycles. The summed E-state index contributed by atoms with van der Waals surface area (Å²) in [6.07, 6.45) is 1.59. The zero-order chi connectivity index (χ0) is 37.3. The molecule has 10 nitrogen and oxygen atoms in total. The molecule has 0 aliphatic heterocycles. The minimum Gasteiger partial charge on any atom is -0.497 e. The van der Waals surface area contributed by atoms with E-state index in [-0.39, 0.29) is 22.9 Å². The van der Waals surface area contributed by atoms with Crippen LogP contribution < -0.4 is 26.2 Å². The number of benzene rings is 5. The Labute approximate surface area is 311 Å². The van der Waals surface area contributed by atoms with Crippen LogP contribution in [0.5, 0.6) is 5.75 Å². The number of carbonyl (C=O) groups is 3. The van der Waals surface area contributed by atoms with Crippen molar-refractivity contribution in [1.29, 1.82) is 0 Å². The minimum absolute atomic E-state index is 0.0471. The van der Waals surface area contributed by atoms with E-state index in [1.54, 1.807) is 111 Å². The normalized spacial score (nSPS) is 11.7. The molecule has 6 aromatic rings. The van der Waals surface area contributed by atoms with Gasteiger partial charge in [-0.05, 0) is 84.8 Å². The highest BCUT2D eigenvalue weighted by Gasteiger charge is 2.26. The lowest BCUT2D eigenvalue weighted by molar-refractivity contribution is -0.116. The molecule has 3 N–H and O–H groups in total. The van der Waals surface area contributed by atoms with Crippen LogP contribution in [0.25, 0.3) is 11.8 Å². The Morgan fingerprint density at radius 1 is 0.755 bits per heavy atom. The third-order valence-corrected chi connectivity index (χ3v) is 9.73. The maximum absolute atomic E-state index is 13.9. The molecule has 3 amide bonds. The molecule has 0 saturated carbocycles. The lowest BCUT2D eigenvalue weighted by Gasteiger charge is -2.17. The average Bonchev–Trinajstić information content (AvgIpc) is 3.40. The molecule has 0 radical (unpaired) electrons. The minimum atomic E-state index is -0.701. The largest absolute Gasteiger partial charge is 0.497 e. The zero-order valence-electron chi connectivity index (χ0n) is 29.3. The molecular formula is C42H37N5O5S. The number of rotatable bonds is 12. The Balaban J connectivity index is 1.21. The monoisotopic (exact) mass is 723 g/mol. The molecule has 0 aliphatic carbocycles. The number of ether oxygens (including phenoxy) is 1. The van der Waals surface area contributed by atoms with Crippen LogP contribution in [0, 0.1) is 6.92 Å². The van der Waals surface area contributed by atoms with Crippen LogP contribution in [0.4, 0.5) is 11.4 Å². The molecule has 0 aliphatic rings. The molecule has 0 spiro atoms. The predicted molar refractivity (Wildman–Crippen MR) is 209 cm³/mol. The van der Waals surface area contributed by atoms with Crippen molar-refractivity contribution in [1.82, 2.24) is 14.7 Å². The Morgan fingerprint density at radius 3 is 1.98 bits per heavy atom. The first-order chi connectivity index (χ1) is 25.7. The molecule has 0 bridgehead atoms. The highest BCUT2D eigenvalue weighted by molar-refractivity contribution is 8.00. The highest BCUT2D eigenvalue weighted by atomic mass is 32.2. The number of para-hydroxylation sites is 1. The lowest BCUT2D eigenvalue weighted by Crippen LogP contribution is -2.30. The van der Waals surface area contributed by atoms with Gasteiger partial charge in [-0.1, -0.05) is 78.9 Å². The first-order valence-electron chi connectivity index (χ1n) is 16.7. The van der Waals surface area contributed by atoms with Crippen LogP contribution in [-0.4, -0.2) is 34.2 Å². The Kier molecular flexibility index (Phi) is 11.4. The molecule has 1 unspecified atom stereocenters. The fourth-order valence-corrected chi connectivity index (χ4v) is 6.59. The van der Waals surface area contributed by atoms with E-state index in [1.165, 1.54) is 16.4 Å². The van der Waals surface area contributed by atoms with Crippen LogP contribution in [0.1, 0.15) is 32.4 Å². The Bertz CT molecular complexity index is 2300. The van der Waals surface area contributed by atoms with Crippen LogP contribution in [-0.2, 0) is 16.6 Å². The summed E-state index contributed by atoms with van der Waals surface area (Å²) in [5.41, 5.74) is 3.56. The van der Waals surface area contributed by atoms with Crippen molar-refractivity contribution in [3.05, 3.63) is 178 Å². The first-order valence-corrected chi connectivity index (χ1v) is 17.6. The standard InChI is InChI=1S/C42H37N5O5S/c1-28-37(42(51)47(46(28)2)33-17-11-6-12-18-33)45-41(50)38(30-13-7-4-8-14-30)53-35-25-21-32(22-26-35)43-40(49)36(27-29-19-23-34(52-3)24-20-29)44-39(48)31-15-9-5-10-16-31/h4-27,38H,1-3H3,(H,43,49)(H,44,48)(H,45,50)/b36-27-. The van der Waals surface area contributed by atoms with Gasteiger partial charge in [0, 0.05) is 23.2 Å². The average molecular weight is 724 g/mol. The molecule has 11 heteroatoms. The van der Waals surface area contributed by atoms with Crippen molar-refractivity contribution in [3.8, 4) is 11.4 Å². The molecule has 53 heavy (non-hydrogen) atoms. The van der Waals surface area contributed by atoms with Gasteiger partial charge >= 0.3 is 0 Å². The van der Waals surface area contributed by atoms with Crippen LogP contribution in [0.15, 0.2) is 155 Å². The molecule has 0 fully saturated rings. The maximum Gasteiger partial charge on any atom is 0.295 e. The van der Waals surface area contributed by atoms with Gasteiger partial charge in [-0.2, -0.15) is 0 Å². The Morgan fingerprint density at radius 2 is 1.36 bits per heavy atom. The second-order valence-corrected chi connectivity index (χ2v) is 13.1. The van der Waals surface area contributed by atoms with E-state index >= 15 is 0 Å². The van der Waals surface area contributed by atoms with Crippen molar-refractivity contribution in [2.75, 3.05) is 17.7 Å². The van der Waals surface area contributed by atoms with E-state index in [9.17, 15) is 19.2 Å². The summed E-state index contributed by atoms with van der Waals surface area (Å²) in [6, 6.07) is 41.4. The summed E-state index contributed by atoms with van der Waals surface area (Å²) in [5, 5.41) is 7.83. The maximum atomic E-state index is 13.9. The molecule has 6 rings (SSSR count). The van der Waals surface area contributed by atoms with E-state index in [4.69, 9.17) is 4.74 Å². The summed E-state index contributed by atoms with van der Waals surface area (Å²) in [5.74, 6) is -0.645. The number of nitrogens with one attached hydrogen (secondary N) is 3. The predicted octanol–water partition coefficient (Wildman–Crippen LogP) is 7.37. The molecule has 1 heterocycles. The number of thioether (sulfide) groups is 1. The molecule has 266 valence electrons. The second-order valence-electron chi connectivity index (χ2n) is 12.0. The molecule has 1 atom stereocenters. The van der Waals surface area contributed by atoms with Gasteiger partial charge in [0.1, 0.15) is 22.4 Å². The summed E-state index contributed by atoms with van der Waals surface area (Å²) in [7, 11) is 3.35. The smallest absolute Gasteiger partial charge is 0.295 e. The number of nitrogens with zero attached hydrogens (tertiary/aromatic N) is 2.